The van der Waals surface area contributed by atoms with Crippen molar-refractivity contribution in [3.8, 4) is 17.1 Å². The van der Waals surface area contributed by atoms with Crippen LogP contribution in [0.2, 0.25) is 0 Å². The van der Waals surface area contributed by atoms with Gasteiger partial charge in [0.05, 0.1) is 30.9 Å². The van der Waals surface area contributed by atoms with Crippen molar-refractivity contribution in [3.63, 3.8) is 0 Å². The first kappa shape index (κ1) is 22.5. The predicted octanol–water partition coefficient (Wildman–Crippen LogP) is 4.45. The van der Waals surface area contributed by atoms with Crippen LogP contribution in [-0.4, -0.2) is 44.8 Å². The van der Waals surface area contributed by atoms with Gasteiger partial charge >= 0.3 is 0 Å². The third kappa shape index (κ3) is 3.57. The molecule has 0 amide bonds. The van der Waals surface area contributed by atoms with E-state index >= 15 is 0 Å². The largest absolute Gasteiger partial charge is 0.481 e. The second-order valence-electron chi connectivity index (χ2n) is 9.15. The zero-order valence-electron chi connectivity index (χ0n) is 19.2. The smallest absolute Gasteiger partial charge is 0.213 e. The number of nitrogens with zero attached hydrogens (tertiary/aromatic N) is 6. The Kier molecular flexibility index (Phi) is 5.64. The molecule has 1 spiro atoms. The molecule has 4 aromatic heterocycles. The van der Waals surface area contributed by atoms with Crippen molar-refractivity contribution < 1.29 is 9.13 Å². The third-order valence-electron chi connectivity index (χ3n) is 7.21. The number of aromatic nitrogens is 5. The molecule has 1 aliphatic heterocycles. The highest BCUT2D eigenvalue weighted by Crippen LogP contribution is 2.45. The van der Waals surface area contributed by atoms with E-state index in [1.54, 1.807) is 16.8 Å². The lowest BCUT2D eigenvalue weighted by atomic mass is 9.76. The van der Waals surface area contributed by atoms with Crippen molar-refractivity contribution in [1.82, 2.24) is 24.6 Å². The van der Waals surface area contributed by atoms with Crippen LogP contribution in [0, 0.1) is 18.2 Å². The first-order chi connectivity index (χ1) is 16.1. The number of halogens is 2. The number of anilines is 1. The molecule has 1 fully saturated rings. The third-order valence-corrected chi connectivity index (χ3v) is 7.21. The number of pyridine rings is 2. The van der Waals surface area contributed by atoms with Crippen LogP contribution in [0.15, 0.2) is 42.9 Å². The van der Waals surface area contributed by atoms with Crippen LogP contribution < -0.4 is 9.64 Å². The summed E-state index contributed by atoms with van der Waals surface area (Å²) in [5.74, 6) is 0.821. The normalized spacial score (nSPS) is 16.5. The summed E-state index contributed by atoms with van der Waals surface area (Å²) in [4.78, 5) is 15.9. The molecule has 7 nitrogen and oxygen atoms in total. The van der Waals surface area contributed by atoms with Gasteiger partial charge in [0.2, 0.25) is 5.88 Å². The van der Waals surface area contributed by atoms with Crippen LogP contribution >= 0.6 is 12.4 Å². The van der Waals surface area contributed by atoms with Crippen molar-refractivity contribution in [1.29, 1.82) is 0 Å². The van der Waals surface area contributed by atoms with E-state index in [4.69, 9.17) is 9.72 Å². The number of aryl methyl sites for hydroxylation is 1. The number of piperidine rings is 1. The molecule has 0 bridgehead atoms. The van der Waals surface area contributed by atoms with Crippen molar-refractivity contribution in [2.75, 3.05) is 25.1 Å². The van der Waals surface area contributed by atoms with Gasteiger partial charge in [-0.3, -0.25) is 4.98 Å². The molecule has 1 aliphatic carbocycles. The predicted molar refractivity (Wildman–Crippen MR) is 130 cm³/mol. The number of rotatable bonds is 3. The Morgan fingerprint density at radius 3 is 2.68 bits per heavy atom. The fourth-order valence-electron chi connectivity index (χ4n) is 5.49. The Labute approximate surface area is 203 Å². The van der Waals surface area contributed by atoms with Crippen molar-refractivity contribution in [2.45, 2.75) is 32.6 Å². The average Bonchev–Trinajstić information content (AvgIpc) is 3.44. The van der Waals surface area contributed by atoms with Gasteiger partial charge in [0.15, 0.2) is 11.6 Å². The summed E-state index contributed by atoms with van der Waals surface area (Å²) in [6.45, 7) is 3.76. The second kappa shape index (κ2) is 8.51. The minimum Gasteiger partial charge on any atom is -0.481 e. The minimum atomic E-state index is -0.431. The van der Waals surface area contributed by atoms with Crippen LogP contribution in [-0.2, 0) is 12.8 Å². The van der Waals surface area contributed by atoms with Gasteiger partial charge in [0, 0.05) is 36.6 Å². The maximum atomic E-state index is 14.7. The molecule has 0 N–H and O–H groups in total. The average molecular weight is 481 g/mol. The summed E-state index contributed by atoms with van der Waals surface area (Å²) in [7, 11) is 1.52. The van der Waals surface area contributed by atoms with Crippen LogP contribution in [0.5, 0.6) is 5.88 Å². The molecule has 176 valence electrons. The summed E-state index contributed by atoms with van der Waals surface area (Å²) in [5.41, 5.74) is 5.54. The Hall–Kier alpha value is -3.26. The monoisotopic (exact) mass is 480 g/mol. The Balaban J connectivity index is 0.00000241. The van der Waals surface area contributed by atoms with Crippen LogP contribution in [0.3, 0.4) is 0 Å². The van der Waals surface area contributed by atoms with Gasteiger partial charge in [0.1, 0.15) is 5.52 Å². The molecule has 6 rings (SSSR count). The fourth-order valence-corrected chi connectivity index (χ4v) is 5.49. The number of hydrogen-bond donors (Lipinski definition) is 0. The minimum absolute atomic E-state index is 0. The number of fused-ring (bicyclic) bond motifs is 2. The van der Waals surface area contributed by atoms with Crippen molar-refractivity contribution >= 4 is 23.7 Å². The molecule has 0 unspecified atom stereocenters. The maximum absolute atomic E-state index is 14.7. The molecule has 5 heterocycles. The Morgan fingerprint density at radius 2 is 1.91 bits per heavy atom. The summed E-state index contributed by atoms with van der Waals surface area (Å²) in [5, 5.41) is 4.52. The standard InChI is InChI=1S/C25H25FN6O.ClH/c1-16-23(18-12-22(33-2)28-15-19(18)26)32-21(5-9-29-32)24(30-16)31-10-6-25(7-11-31)13-17-4-3-8-27-20(17)14-25;/h3-5,8-9,12,15H,6-7,10-11,13-14H2,1-2H3;1H. The molecule has 0 atom stereocenters. The summed E-state index contributed by atoms with van der Waals surface area (Å²) in [6.07, 6.45) is 9.19. The lowest BCUT2D eigenvalue weighted by Gasteiger charge is -2.40. The molecule has 2 aliphatic rings. The highest BCUT2D eigenvalue weighted by atomic mass is 35.5. The fraction of sp³-hybridized carbons (Fsp3) is 0.360. The molecular formula is C25H26ClFN6O. The van der Waals surface area contributed by atoms with E-state index < -0.39 is 5.82 Å². The highest BCUT2D eigenvalue weighted by molar-refractivity contribution is 5.85. The summed E-state index contributed by atoms with van der Waals surface area (Å²) >= 11 is 0. The van der Waals surface area contributed by atoms with Crippen LogP contribution in [0.1, 0.15) is 29.8 Å². The number of methoxy groups -OCH3 is 1. The van der Waals surface area contributed by atoms with E-state index in [1.807, 2.05) is 25.3 Å². The van der Waals surface area contributed by atoms with Gasteiger partial charge in [-0.05, 0) is 55.7 Å². The van der Waals surface area contributed by atoms with E-state index in [9.17, 15) is 4.39 Å². The molecular weight excluding hydrogens is 455 g/mol. The topological polar surface area (TPSA) is 68.4 Å². The van der Waals surface area contributed by atoms with Crippen molar-refractivity contribution in [2.24, 2.45) is 5.41 Å². The quantitative estimate of drug-likeness (QED) is 0.431. The van der Waals surface area contributed by atoms with Crippen LogP contribution in [0.4, 0.5) is 10.2 Å². The van der Waals surface area contributed by atoms with Gasteiger partial charge in [0.25, 0.3) is 0 Å². The molecule has 4 aromatic rings. The van der Waals surface area contributed by atoms with Gasteiger partial charge < -0.3 is 9.64 Å². The van der Waals surface area contributed by atoms with E-state index in [0.717, 1.165) is 50.1 Å². The van der Waals surface area contributed by atoms with Crippen LogP contribution in [0.25, 0.3) is 16.8 Å². The lowest BCUT2D eigenvalue weighted by Crippen LogP contribution is -2.41. The van der Waals surface area contributed by atoms with E-state index in [0.29, 0.717) is 28.2 Å². The summed E-state index contributed by atoms with van der Waals surface area (Å²) in [6, 6.07) is 7.80. The highest BCUT2D eigenvalue weighted by Gasteiger charge is 2.41. The Bertz CT molecular complexity index is 1340. The number of ether oxygens (including phenoxy) is 1. The van der Waals surface area contributed by atoms with Gasteiger partial charge in [-0.1, -0.05) is 6.07 Å². The lowest BCUT2D eigenvalue weighted by molar-refractivity contribution is 0.231. The van der Waals surface area contributed by atoms with Gasteiger partial charge in [-0.2, -0.15) is 5.10 Å². The van der Waals surface area contributed by atoms with Gasteiger partial charge in [-0.15, -0.1) is 12.4 Å². The van der Waals surface area contributed by atoms with E-state index in [-0.39, 0.29) is 12.4 Å². The molecule has 0 aromatic carbocycles. The molecule has 9 heteroatoms. The molecule has 34 heavy (non-hydrogen) atoms. The van der Waals surface area contributed by atoms with E-state index in [1.165, 1.54) is 24.6 Å². The first-order valence-corrected chi connectivity index (χ1v) is 11.3. The van der Waals surface area contributed by atoms with E-state index in [2.05, 4.69) is 26.0 Å². The van der Waals surface area contributed by atoms with Gasteiger partial charge in [-0.25, -0.2) is 18.9 Å². The first-order valence-electron chi connectivity index (χ1n) is 11.3. The maximum Gasteiger partial charge on any atom is 0.213 e. The SMILES string of the molecule is COc1cc(-c2c(C)nc(N3CCC4(CC3)Cc3cccnc3C4)c3ccnn23)c(F)cn1.Cl. The summed E-state index contributed by atoms with van der Waals surface area (Å²) < 4.78 is 21.7. The molecule has 0 radical (unpaired) electrons. The zero-order chi connectivity index (χ0) is 22.6. The van der Waals surface area contributed by atoms with Crippen molar-refractivity contribution in [3.05, 3.63) is 65.6 Å². The molecule has 0 saturated carbocycles. The Morgan fingerprint density at radius 1 is 1.09 bits per heavy atom. The molecule has 1 saturated heterocycles. The second-order valence-corrected chi connectivity index (χ2v) is 9.15. The zero-order valence-corrected chi connectivity index (χ0v) is 20.0. The number of hydrogen-bond acceptors (Lipinski definition) is 6.